The third-order valence-electron chi connectivity index (χ3n) is 5.19. The maximum Gasteiger partial charge on any atom is 0.248 e. The summed E-state index contributed by atoms with van der Waals surface area (Å²) in [5, 5.41) is 3.11. The fourth-order valence-electron chi connectivity index (χ4n) is 3.83. The third kappa shape index (κ3) is 4.62. The van der Waals surface area contributed by atoms with Crippen LogP contribution in [0.1, 0.15) is 30.7 Å². The molecule has 1 aliphatic rings. The van der Waals surface area contributed by atoms with E-state index in [1.54, 1.807) is 12.4 Å². The zero-order valence-corrected chi connectivity index (χ0v) is 16.9. The first-order valence-electron chi connectivity index (χ1n) is 9.22. The molecule has 2 unspecified atom stereocenters. The largest absolute Gasteiger partial charge is 0.301 e. The van der Waals surface area contributed by atoms with Crippen molar-refractivity contribution in [1.82, 2.24) is 9.97 Å². The number of carbonyl (C=O) groups is 1. The normalized spacial score (nSPS) is 19.1. The molecule has 29 heavy (non-hydrogen) atoms. The molecule has 8 heteroatoms. The Morgan fingerprint density at radius 1 is 1.17 bits per heavy atom. The highest BCUT2D eigenvalue weighted by Crippen LogP contribution is 2.46. The number of aromatic nitrogens is 2. The van der Waals surface area contributed by atoms with Gasteiger partial charge in [0.05, 0.1) is 12.1 Å². The molecule has 150 valence electrons. The van der Waals surface area contributed by atoms with E-state index in [9.17, 15) is 13.6 Å². The summed E-state index contributed by atoms with van der Waals surface area (Å²) in [4.78, 5) is 21.1. The molecule has 3 aromatic rings. The minimum Gasteiger partial charge on any atom is -0.301 e. The average Bonchev–Trinajstić information content (AvgIpc) is 3.28. The van der Waals surface area contributed by atoms with Crippen molar-refractivity contribution in [2.75, 3.05) is 5.32 Å². The molecule has 1 aliphatic carbocycles. The van der Waals surface area contributed by atoms with Crippen molar-refractivity contribution >= 4 is 34.0 Å². The van der Waals surface area contributed by atoms with Gasteiger partial charge in [-0.05, 0) is 41.2 Å². The highest BCUT2D eigenvalue weighted by Gasteiger charge is 2.45. The zero-order chi connectivity index (χ0) is 20.4. The number of anilines is 1. The number of halogens is 3. The lowest BCUT2D eigenvalue weighted by Crippen LogP contribution is -2.27. The Kier molecular flexibility index (Phi) is 5.61. The van der Waals surface area contributed by atoms with Gasteiger partial charge in [-0.25, -0.2) is 13.8 Å². The summed E-state index contributed by atoms with van der Waals surface area (Å²) in [5.74, 6) is -4.19. The van der Waals surface area contributed by atoms with E-state index in [0.717, 1.165) is 22.5 Å². The number of thiazole rings is 1. The van der Waals surface area contributed by atoms with Gasteiger partial charge in [-0.15, -0.1) is 0 Å². The van der Waals surface area contributed by atoms with Crippen LogP contribution >= 0.6 is 22.9 Å². The molecule has 0 saturated heterocycles. The minimum absolute atomic E-state index is 0.195. The molecule has 2 heterocycles. The van der Waals surface area contributed by atoms with Crippen molar-refractivity contribution in [2.45, 2.75) is 31.1 Å². The lowest BCUT2D eigenvalue weighted by atomic mass is 9.83. The molecule has 0 spiro atoms. The van der Waals surface area contributed by atoms with Gasteiger partial charge in [0.2, 0.25) is 11.8 Å². The molecule has 4 rings (SSSR count). The number of carbonyl (C=O) groups excluding carboxylic acids is 1. The maximum atomic E-state index is 13.9. The number of hydrogen-bond donors (Lipinski definition) is 1. The summed E-state index contributed by atoms with van der Waals surface area (Å²) in [6.45, 7) is 0. The molecule has 1 fully saturated rings. The Labute approximate surface area is 176 Å². The van der Waals surface area contributed by atoms with Gasteiger partial charge in [-0.2, -0.15) is 0 Å². The van der Waals surface area contributed by atoms with Crippen LogP contribution in [0.15, 0.2) is 55.0 Å². The van der Waals surface area contributed by atoms with Gasteiger partial charge in [-0.1, -0.05) is 47.2 Å². The summed E-state index contributed by atoms with van der Waals surface area (Å²) in [6.07, 6.45) is 4.67. The van der Waals surface area contributed by atoms with Crippen molar-refractivity contribution in [3.63, 3.8) is 0 Å². The van der Waals surface area contributed by atoms with Crippen LogP contribution in [0.5, 0.6) is 0 Å². The van der Waals surface area contributed by atoms with Crippen LogP contribution in [-0.4, -0.2) is 21.8 Å². The van der Waals surface area contributed by atoms with Crippen LogP contribution < -0.4 is 5.32 Å². The van der Waals surface area contributed by atoms with Crippen LogP contribution in [0, 0.1) is 5.92 Å². The van der Waals surface area contributed by atoms with E-state index in [1.807, 2.05) is 36.4 Å². The Hall–Kier alpha value is -2.38. The van der Waals surface area contributed by atoms with Gasteiger partial charge in [0.15, 0.2) is 5.13 Å². The molecule has 1 N–H and O–H groups in total. The predicted octanol–water partition coefficient (Wildman–Crippen LogP) is 6.02. The predicted molar refractivity (Wildman–Crippen MR) is 110 cm³/mol. The summed E-state index contributed by atoms with van der Waals surface area (Å²) in [7, 11) is 0. The first-order chi connectivity index (χ1) is 13.9. The Morgan fingerprint density at radius 3 is 2.45 bits per heavy atom. The lowest BCUT2D eigenvalue weighted by Gasteiger charge is -2.23. The molecule has 2 atom stereocenters. The smallest absolute Gasteiger partial charge is 0.248 e. The van der Waals surface area contributed by atoms with E-state index in [2.05, 4.69) is 15.3 Å². The zero-order valence-electron chi connectivity index (χ0n) is 15.3. The number of rotatable bonds is 5. The number of benzene rings is 1. The van der Waals surface area contributed by atoms with Crippen molar-refractivity contribution in [1.29, 1.82) is 0 Å². The lowest BCUT2D eigenvalue weighted by molar-refractivity contribution is -0.118. The Balaban J connectivity index is 1.62. The summed E-state index contributed by atoms with van der Waals surface area (Å²) >= 11 is 7.02. The number of nitrogens with zero attached hydrogens (tertiary/aromatic N) is 2. The molecule has 0 bridgehead atoms. The molecular weight excluding hydrogens is 416 g/mol. The van der Waals surface area contributed by atoms with Gasteiger partial charge in [0.25, 0.3) is 0 Å². The van der Waals surface area contributed by atoms with Gasteiger partial charge >= 0.3 is 0 Å². The van der Waals surface area contributed by atoms with Gasteiger partial charge in [0.1, 0.15) is 4.34 Å². The standard InChI is InChI=1S/C21H18ClF2N3OS/c22-17-12-26-20(29-17)27-19(28)18(16-5-8-21(23,24)11-16)15-3-1-13(2-4-15)14-6-9-25-10-7-14/h1-4,6-7,9-10,12,16,18H,5,8,11H2,(H,26,27,28). The van der Waals surface area contributed by atoms with Crippen molar-refractivity contribution < 1.29 is 13.6 Å². The summed E-state index contributed by atoms with van der Waals surface area (Å²) < 4.78 is 28.2. The summed E-state index contributed by atoms with van der Waals surface area (Å²) in [5.41, 5.74) is 2.68. The number of amides is 1. The van der Waals surface area contributed by atoms with E-state index in [0.29, 0.717) is 21.5 Å². The molecule has 1 amide bonds. The monoisotopic (exact) mass is 433 g/mol. The Bertz CT molecular complexity index is 995. The van der Waals surface area contributed by atoms with Gasteiger partial charge < -0.3 is 5.32 Å². The second-order valence-corrected chi connectivity index (χ2v) is 8.82. The number of alkyl halides is 2. The van der Waals surface area contributed by atoms with Crippen LogP contribution in [0.25, 0.3) is 11.1 Å². The highest BCUT2D eigenvalue weighted by atomic mass is 35.5. The van der Waals surface area contributed by atoms with E-state index in [4.69, 9.17) is 11.6 Å². The average molecular weight is 434 g/mol. The van der Waals surface area contributed by atoms with Crippen molar-refractivity contribution in [3.8, 4) is 11.1 Å². The number of nitrogens with one attached hydrogen (secondary N) is 1. The second kappa shape index (κ2) is 8.16. The second-order valence-electron chi connectivity index (χ2n) is 7.15. The van der Waals surface area contributed by atoms with Crippen molar-refractivity contribution in [3.05, 3.63) is 64.9 Å². The van der Waals surface area contributed by atoms with Crippen LogP contribution in [-0.2, 0) is 4.79 Å². The van der Waals surface area contributed by atoms with Crippen LogP contribution in [0.2, 0.25) is 4.34 Å². The number of hydrogen-bond acceptors (Lipinski definition) is 4. The minimum atomic E-state index is -2.73. The quantitative estimate of drug-likeness (QED) is 0.535. The molecule has 1 aromatic carbocycles. The molecule has 0 radical (unpaired) electrons. The molecule has 4 nitrogen and oxygen atoms in total. The van der Waals surface area contributed by atoms with E-state index in [1.165, 1.54) is 6.20 Å². The topological polar surface area (TPSA) is 54.9 Å². The molecule has 1 saturated carbocycles. The first-order valence-corrected chi connectivity index (χ1v) is 10.4. The fourth-order valence-corrected chi connectivity index (χ4v) is 4.64. The van der Waals surface area contributed by atoms with Crippen molar-refractivity contribution in [2.24, 2.45) is 5.92 Å². The van der Waals surface area contributed by atoms with Crippen LogP contribution in [0.4, 0.5) is 13.9 Å². The number of pyridine rings is 1. The highest BCUT2D eigenvalue weighted by molar-refractivity contribution is 7.19. The van der Waals surface area contributed by atoms with Gasteiger partial charge in [-0.3, -0.25) is 9.78 Å². The van der Waals surface area contributed by atoms with Gasteiger partial charge in [0, 0.05) is 25.2 Å². The van der Waals surface area contributed by atoms with E-state index >= 15 is 0 Å². The molecule has 2 aromatic heterocycles. The van der Waals surface area contributed by atoms with E-state index < -0.39 is 17.8 Å². The first kappa shape index (κ1) is 19.9. The summed E-state index contributed by atoms with van der Waals surface area (Å²) in [6, 6.07) is 11.3. The maximum absolute atomic E-state index is 13.9. The Morgan fingerprint density at radius 2 is 1.86 bits per heavy atom. The molecular formula is C21H18ClF2N3OS. The molecule has 0 aliphatic heterocycles. The van der Waals surface area contributed by atoms with E-state index in [-0.39, 0.29) is 18.7 Å². The van der Waals surface area contributed by atoms with Crippen LogP contribution in [0.3, 0.4) is 0 Å². The third-order valence-corrected chi connectivity index (χ3v) is 6.22. The SMILES string of the molecule is O=C(Nc1ncc(Cl)s1)C(c1ccc(-c2ccncc2)cc1)C1CCC(F)(F)C1. The fraction of sp³-hybridized carbons (Fsp3) is 0.286.